The van der Waals surface area contributed by atoms with Crippen molar-refractivity contribution >= 4 is 44.8 Å². The molecule has 144 valence electrons. The summed E-state index contributed by atoms with van der Waals surface area (Å²) >= 11 is 4.76. The van der Waals surface area contributed by atoms with E-state index in [1.54, 1.807) is 11.4 Å². The Morgan fingerprint density at radius 2 is 2.07 bits per heavy atom. The smallest absolute Gasteiger partial charge is 0.350 e. The Balaban J connectivity index is 1.70. The molecule has 27 heavy (non-hydrogen) atoms. The average molecular weight is 453 g/mol. The molecule has 1 aromatic carbocycles. The van der Waals surface area contributed by atoms with E-state index in [-0.39, 0.29) is 18.0 Å². The second-order valence-corrected chi connectivity index (χ2v) is 8.09. The summed E-state index contributed by atoms with van der Waals surface area (Å²) in [7, 11) is 1.32. The molecule has 0 unspecified atom stereocenters. The lowest BCUT2D eigenvalue weighted by Gasteiger charge is -2.38. The molecule has 1 aromatic heterocycles. The minimum absolute atomic E-state index is 0.128. The lowest BCUT2D eigenvalue weighted by molar-refractivity contribution is -0.116. The molecule has 0 atom stereocenters. The average Bonchev–Trinajstić information content (AvgIpc) is 3.14. The molecular formula is C19H21BrN2O4S. The van der Waals surface area contributed by atoms with Gasteiger partial charge in [-0.15, -0.1) is 11.3 Å². The van der Waals surface area contributed by atoms with Crippen LogP contribution in [0.5, 0.6) is 0 Å². The third-order valence-electron chi connectivity index (χ3n) is 4.62. The number of amides is 1. The van der Waals surface area contributed by atoms with Crippen molar-refractivity contribution in [2.45, 2.75) is 18.4 Å². The van der Waals surface area contributed by atoms with Gasteiger partial charge in [0.15, 0.2) is 0 Å². The predicted octanol–water partition coefficient (Wildman–Crippen LogP) is 3.53. The molecule has 1 saturated heterocycles. The lowest BCUT2D eigenvalue weighted by atomic mass is 9.82. The molecule has 1 aliphatic rings. The Morgan fingerprint density at radius 3 is 2.78 bits per heavy atom. The fraction of sp³-hybridized carbons (Fsp3) is 0.368. The van der Waals surface area contributed by atoms with E-state index in [2.05, 4.69) is 38.7 Å². The van der Waals surface area contributed by atoms with Crippen LogP contribution in [-0.4, -0.2) is 38.7 Å². The fourth-order valence-electron chi connectivity index (χ4n) is 3.18. The Labute approximate surface area is 170 Å². The molecule has 1 fully saturated rings. The SMILES string of the molecule is COC(=O)c1sccc1NC(=O)CNC1(c2cccc(Br)c2)CCOCC1. The van der Waals surface area contributed by atoms with Crippen LogP contribution in [0.15, 0.2) is 40.2 Å². The number of rotatable bonds is 6. The maximum Gasteiger partial charge on any atom is 0.350 e. The van der Waals surface area contributed by atoms with Crippen molar-refractivity contribution in [1.82, 2.24) is 5.32 Å². The Hall–Kier alpha value is -1.74. The fourth-order valence-corrected chi connectivity index (χ4v) is 4.34. The van der Waals surface area contributed by atoms with Gasteiger partial charge in [0.25, 0.3) is 0 Å². The maximum absolute atomic E-state index is 12.5. The highest BCUT2D eigenvalue weighted by Gasteiger charge is 2.34. The molecule has 0 aliphatic carbocycles. The number of benzene rings is 1. The first-order chi connectivity index (χ1) is 13.0. The molecule has 2 heterocycles. The van der Waals surface area contributed by atoms with Gasteiger partial charge >= 0.3 is 5.97 Å². The number of carbonyl (C=O) groups is 2. The normalized spacial score (nSPS) is 15.9. The highest BCUT2D eigenvalue weighted by atomic mass is 79.9. The summed E-state index contributed by atoms with van der Waals surface area (Å²) in [6, 6.07) is 9.81. The summed E-state index contributed by atoms with van der Waals surface area (Å²) < 4.78 is 11.3. The van der Waals surface area contributed by atoms with E-state index in [1.165, 1.54) is 18.4 Å². The number of carbonyl (C=O) groups excluding carboxylic acids is 2. The van der Waals surface area contributed by atoms with E-state index in [1.807, 2.05) is 12.1 Å². The van der Waals surface area contributed by atoms with Gasteiger partial charge in [0.05, 0.1) is 19.3 Å². The first-order valence-corrected chi connectivity index (χ1v) is 10.3. The van der Waals surface area contributed by atoms with Crippen molar-refractivity contribution in [2.24, 2.45) is 0 Å². The maximum atomic E-state index is 12.5. The highest BCUT2D eigenvalue weighted by molar-refractivity contribution is 9.10. The molecule has 2 N–H and O–H groups in total. The Kier molecular flexibility index (Phi) is 6.64. The summed E-state index contributed by atoms with van der Waals surface area (Å²) in [5, 5.41) is 7.97. The van der Waals surface area contributed by atoms with Gasteiger partial charge < -0.3 is 14.8 Å². The molecule has 0 saturated carbocycles. The number of esters is 1. The molecular weight excluding hydrogens is 432 g/mol. The van der Waals surface area contributed by atoms with E-state index in [0.29, 0.717) is 23.8 Å². The summed E-state index contributed by atoms with van der Waals surface area (Å²) in [5.41, 5.74) is 1.28. The molecule has 0 bridgehead atoms. The zero-order valence-electron chi connectivity index (χ0n) is 14.9. The van der Waals surface area contributed by atoms with E-state index in [9.17, 15) is 9.59 Å². The first kappa shape index (κ1) is 20.0. The topological polar surface area (TPSA) is 76.7 Å². The predicted molar refractivity (Wildman–Crippen MR) is 108 cm³/mol. The van der Waals surface area contributed by atoms with Crippen molar-refractivity contribution in [3.05, 3.63) is 50.6 Å². The summed E-state index contributed by atoms with van der Waals surface area (Å²) in [6.07, 6.45) is 1.56. The number of halogens is 1. The van der Waals surface area contributed by atoms with E-state index in [0.717, 1.165) is 22.9 Å². The van der Waals surface area contributed by atoms with Crippen LogP contribution in [0.25, 0.3) is 0 Å². The molecule has 1 amide bonds. The number of ether oxygens (including phenoxy) is 2. The Morgan fingerprint density at radius 1 is 1.30 bits per heavy atom. The van der Waals surface area contributed by atoms with Crippen molar-refractivity contribution in [1.29, 1.82) is 0 Å². The minimum Gasteiger partial charge on any atom is -0.465 e. The molecule has 2 aromatic rings. The number of hydrogen-bond donors (Lipinski definition) is 2. The number of anilines is 1. The van der Waals surface area contributed by atoms with Crippen molar-refractivity contribution in [3.63, 3.8) is 0 Å². The van der Waals surface area contributed by atoms with Crippen LogP contribution in [0.2, 0.25) is 0 Å². The second-order valence-electron chi connectivity index (χ2n) is 6.26. The quantitative estimate of drug-likeness (QED) is 0.655. The zero-order chi connectivity index (χ0) is 19.3. The van der Waals surface area contributed by atoms with Gasteiger partial charge in [-0.25, -0.2) is 4.79 Å². The summed E-state index contributed by atoms with van der Waals surface area (Å²) in [4.78, 5) is 24.6. The van der Waals surface area contributed by atoms with Gasteiger partial charge in [0.2, 0.25) is 5.91 Å². The van der Waals surface area contributed by atoms with E-state index >= 15 is 0 Å². The minimum atomic E-state index is -0.455. The summed E-state index contributed by atoms with van der Waals surface area (Å²) in [6.45, 7) is 1.40. The van der Waals surface area contributed by atoms with Crippen LogP contribution in [0.1, 0.15) is 28.1 Å². The van der Waals surface area contributed by atoms with Crippen molar-refractivity contribution in [2.75, 3.05) is 32.2 Å². The molecule has 6 nitrogen and oxygen atoms in total. The molecule has 0 radical (unpaired) electrons. The van der Waals surface area contributed by atoms with Crippen LogP contribution in [0.3, 0.4) is 0 Å². The van der Waals surface area contributed by atoms with Crippen LogP contribution in [0, 0.1) is 0 Å². The Bertz CT molecular complexity index is 818. The lowest BCUT2D eigenvalue weighted by Crippen LogP contribution is -2.49. The third kappa shape index (κ3) is 4.76. The largest absolute Gasteiger partial charge is 0.465 e. The summed E-state index contributed by atoms with van der Waals surface area (Å²) in [5.74, 6) is -0.664. The van der Waals surface area contributed by atoms with Crippen molar-refractivity contribution in [3.8, 4) is 0 Å². The van der Waals surface area contributed by atoms with E-state index in [4.69, 9.17) is 9.47 Å². The van der Waals surface area contributed by atoms with Crippen LogP contribution in [-0.2, 0) is 19.8 Å². The number of hydrogen-bond acceptors (Lipinski definition) is 6. The number of thiophene rings is 1. The van der Waals surface area contributed by atoms with Gasteiger partial charge in [0, 0.05) is 23.2 Å². The zero-order valence-corrected chi connectivity index (χ0v) is 17.3. The van der Waals surface area contributed by atoms with Gasteiger partial charge in [0.1, 0.15) is 4.88 Å². The van der Waals surface area contributed by atoms with Crippen LogP contribution in [0.4, 0.5) is 5.69 Å². The number of methoxy groups -OCH3 is 1. The molecule has 8 heteroatoms. The van der Waals surface area contributed by atoms with Crippen molar-refractivity contribution < 1.29 is 19.1 Å². The third-order valence-corrected chi connectivity index (χ3v) is 6.01. The molecule has 1 aliphatic heterocycles. The van der Waals surface area contributed by atoms with Crippen LogP contribution >= 0.6 is 27.3 Å². The van der Waals surface area contributed by atoms with E-state index < -0.39 is 5.97 Å². The monoisotopic (exact) mass is 452 g/mol. The number of nitrogens with one attached hydrogen (secondary N) is 2. The highest BCUT2D eigenvalue weighted by Crippen LogP contribution is 2.33. The molecule has 0 spiro atoms. The van der Waals surface area contributed by atoms with Gasteiger partial charge in [-0.1, -0.05) is 28.1 Å². The molecule has 3 rings (SSSR count). The van der Waals surface area contributed by atoms with Gasteiger partial charge in [-0.3, -0.25) is 10.1 Å². The second kappa shape index (κ2) is 8.97. The first-order valence-electron chi connectivity index (χ1n) is 8.58. The standard InChI is InChI=1S/C19H21BrN2O4S/c1-25-18(24)17-15(5-10-27-17)22-16(23)12-21-19(6-8-26-9-7-19)13-3-2-4-14(20)11-13/h2-5,10-11,21H,6-9,12H2,1H3,(H,22,23). The van der Waals surface area contributed by atoms with Gasteiger partial charge in [-0.2, -0.15) is 0 Å². The van der Waals surface area contributed by atoms with Gasteiger partial charge in [-0.05, 0) is 42.0 Å². The van der Waals surface area contributed by atoms with Crippen LogP contribution < -0.4 is 10.6 Å².